The maximum Gasteiger partial charge on any atom is 0.254 e. The Kier molecular flexibility index (Phi) is 4.21. The van der Waals surface area contributed by atoms with Crippen LogP contribution >= 0.6 is 0 Å². The molecule has 0 spiro atoms. The highest BCUT2D eigenvalue weighted by Gasteiger charge is 2.11. The number of hydrogen-bond donors (Lipinski definition) is 2. The Morgan fingerprint density at radius 2 is 1.96 bits per heavy atom. The van der Waals surface area contributed by atoms with Gasteiger partial charge in [-0.05, 0) is 29.8 Å². The number of carbonyl (C=O) groups excluding carboxylic acids is 1. The van der Waals surface area contributed by atoms with Gasteiger partial charge in [-0.1, -0.05) is 24.3 Å². The maximum absolute atomic E-state index is 13.6. The molecule has 0 aliphatic rings. The van der Waals surface area contributed by atoms with Gasteiger partial charge in [0.1, 0.15) is 18.0 Å². The summed E-state index contributed by atoms with van der Waals surface area (Å²) in [7, 11) is 0. The third kappa shape index (κ3) is 3.59. The molecular formula is C19H15FN6O. The molecule has 1 amide bonds. The van der Waals surface area contributed by atoms with Crippen molar-refractivity contribution in [3.8, 4) is 11.3 Å². The Morgan fingerprint density at radius 1 is 1.15 bits per heavy atom. The summed E-state index contributed by atoms with van der Waals surface area (Å²) < 4.78 is 15.2. The highest BCUT2D eigenvalue weighted by Crippen LogP contribution is 2.24. The number of benzene rings is 2. The fourth-order valence-corrected chi connectivity index (χ4v) is 2.78. The molecule has 27 heavy (non-hydrogen) atoms. The van der Waals surface area contributed by atoms with Crippen LogP contribution in [0.3, 0.4) is 0 Å². The molecule has 3 N–H and O–H groups in total. The van der Waals surface area contributed by atoms with Crippen molar-refractivity contribution in [2.24, 2.45) is 5.73 Å². The summed E-state index contributed by atoms with van der Waals surface area (Å²) in [5.74, 6) is 0.216. The van der Waals surface area contributed by atoms with E-state index in [0.29, 0.717) is 22.9 Å². The predicted molar refractivity (Wildman–Crippen MR) is 98.8 cm³/mol. The standard InChI is InChI=1S/C19H15FN6O/c20-14-3-1-2-13(9-14)16-10-18(25-19-22-11-23-26(16)19)24-15-6-4-12(5-7-15)8-17(21)27/h1-7,9-11H,8H2,(H2,21,27)(H,22,23,24,25). The maximum atomic E-state index is 13.6. The minimum atomic E-state index is -0.380. The first-order valence-electron chi connectivity index (χ1n) is 8.19. The summed E-state index contributed by atoms with van der Waals surface area (Å²) in [4.78, 5) is 19.5. The SMILES string of the molecule is NC(=O)Cc1ccc(Nc2cc(-c3cccc(F)c3)n3ncnc3n2)cc1. The van der Waals surface area contributed by atoms with Gasteiger partial charge in [-0.2, -0.15) is 19.6 Å². The van der Waals surface area contributed by atoms with Crippen LogP contribution in [0.25, 0.3) is 17.0 Å². The van der Waals surface area contributed by atoms with Crippen molar-refractivity contribution in [1.29, 1.82) is 0 Å². The molecule has 2 heterocycles. The Morgan fingerprint density at radius 3 is 2.70 bits per heavy atom. The number of halogens is 1. The van der Waals surface area contributed by atoms with E-state index in [1.807, 2.05) is 24.3 Å². The summed E-state index contributed by atoms with van der Waals surface area (Å²) >= 11 is 0. The molecule has 0 bridgehead atoms. The number of fused-ring (bicyclic) bond motifs is 1. The van der Waals surface area contributed by atoms with Crippen LogP contribution in [0.15, 0.2) is 60.9 Å². The first-order valence-corrected chi connectivity index (χ1v) is 8.19. The number of nitrogens with zero attached hydrogens (tertiary/aromatic N) is 4. The molecule has 0 fully saturated rings. The van der Waals surface area contributed by atoms with E-state index in [9.17, 15) is 9.18 Å². The van der Waals surface area contributed by atoms with Crippen LogP contribution in [0.2, 0.25) is 0 Å². The molecule has 7 nitrogen and oxygen atoms in total. The Hall–Kier alpha value is -3.81. The third-order valence-electron chi connectivity index (χ3n) is 3.98. The second-order valence-electron chi connectivity index (χ2n) is 5.97. The van der Waals surface area contributed by atoms with E-state index in [4.69, 9.17) is 5.73 Å². The summed E-state index contributed by atoms with van der Waals surface area (Å²) in [5.41, 5.74) is 8.13. The molecule has 0 radical (unpaired) electrons. The molecule has 2 aromatic carbocycles. The number of carbonyl (C=O) groups is 1. The van der Waals surface area contributed by atoms with Gasteiger partial charge in [0.15, 0.2) is 0 Å². The zero-order valence-corrected chi connectivity index (χ0v) is 14.1. The molecule has 0 saturated carbocycles. The van der Waals surface area contributed by atoms with Gasteiger partial charge in [0.25, 0.3) is 5.78 Å². The lowest BCUT2D eigenvalue weighted by molar-refractivity contribution is -0.117. The quantitative estimate of drug-likeness (QED) is 0.569. The van der Waals surface area contributed by atoms with Crippen LogP contribution in [0.5, 0.6) is 0 Å². The number of nitrogens with two attached hydrogens (primary N) is 1. The number of aromatic nitrogens is 4. The average Bonchev–Trinajstić information content (AvgIpc) is 3.11. The van der Waals surface area contributed by atoms with E-state index < -0.39 is 0 Å². The average molecular weight is 362 g/mol. The first kappa shape index (κ1) is 16.6. The van der Waals surface area contributed by atoms with Crippen molar-refractivity contribution < 1.29 is 9.18 Å². The molecule has 8 heteroatoms. The largest absolute Gasteiger partial charge is 0.369 e. The lowest BCUT2D eigenvalue weighted by Gasteiger charge is -2.10. The molecule has 4 rings (SSSR count). The van der Waals surface area contributed by atoms with Crippen LogP contribution in [0, 0.1) is 5.82 Å². The molecule has 134 valence electrons. The Labute approximate surface area is 153 Å². The van der Waals surface area contributed by atoms with E-state index in [1.54, 1.807) is 22.7 Å². The van der Waals surface area contributed by atoms with Crippen LogP contribution in [-0.2, 0) is 11.2 Å². The predicted octanol–water partition coefficient (Wildman–Crippen LogP) is 2.70. The normalized spacial score (nSPS) is 10.9. The monoisotopic (exact) mass is 362 g/mol. The zero-order chi connectivity index (χ0) is 18.8. The highest BCUT2D eigenvalue weighted by atomic mass is 19.1. The number of nitrogens with one attached hydrogen (secondary N) is 1. The summed E-state index contributed by atoms with van der Waals surface area (Å²) in [6, 6.07) is 15.3. The zero-order valence-electron chi connectivity index (χ0n) is 14.1. The summed E-state index contributed by atoms with van der Waals surface area (Å²) in [5, 5.41) is 7.35. The lowest BCUT2D eigenvalue weighted by Crippen LogP contribution is -2.13. The molecule has 2 aromatic heterocycles. The van der Waals surface area contributed by atoms with E-state index in [2.05, 4.69) is 20.4 Å². The van der Waals surface area contributed by atoms with Crippen molar-refractivity contribution >= 4 is 23.2 Å². The van der Waals surface area contributed by atoms with Gasteiger partial charge in [0, 0.05) is 17.3 Å². The molecule has 0 unspecified atom stereocenters. The van der Waals surface area contributed by atoms with Crippen molar-refractivity contribution in [1.82, 2.24) is 19.6 Å². The second kappa shape index (κ2) is 6.83. The van der Waals surface area contributed by atoms with E-state index in [0.717, 1.165) is 11.3 Å². The van der Waals surface area contributed by atoms with Gasteiger partial charge >= 0.3 is 0 Å². The molecular weight excluding hydrogens is 347 g/mol. The second-order valence-corrected chi connectivity index (χ2v) is 5.97. The van der Waals surface area contributed by atoms with Gasteiger partial charge in [-0.15, -0.1) is 0 Å². The van der Waals surface area contributed by atoms with Gasteiger partial charge in [-0.25, -0.2) is 4.39 Å². The van der Waals surface area contributed by atoms with Crippen LogP contribution in [0.4, 0.5) is 15.9 Å². The van der Waals surface area contributed by atoms with Crippen molar-refractivity contribution in [2.45, 2.75) is 6.42 Å². The van der Waals surface area contributed by atoms with Crippen LogP contribution < -0.4 is 11.1 Å². The van der Waals surface area contributed by atoms with E-state index in [-0.39, 0.29) is 18.1 Å². The van der Waals surface area contributed by atoms with Gasteiger partial charge < -0.3 is 11.1 Å². The Bertz CT molecular complexity index is 1120. The molecule has 0 atom stereocenters. The van der Waals surface area contributed by atoms with Crippen molar-refractivity contribution in [3.63, 3.8) is 0 Å². The minimum Gasteiger partial charge on any atom is -0.369 e. The van der Waals surface area contributed by atoms with Crippen molar-refractivity contribution in [2.75, 3.05) is 5.32 Å². The fraction of sp³-hybridized carbons (Fsp3) is 0.0526. The third-order valence-corrected chi connectivity index (χ3v) is 3.98. The van der Waals surface area contributed by atoms with E-state index >= 15 is 0 Å². The number of rotatable bonds is 5. The van der Waals surface area contributed by atoms with Crippen molar-refractivity contribution in [3.05, 3.63) is 72.3 Å². The topological polar surface area (TPSA) is 98.2 Å². The van der Waals surface area contributed by atoms with Crippen LogP contribution in [0.1, 0.15) is 5.56 Å². The highest BCUT2D eigenvalue weighted by molar-refractivity contribution is 5.77. The number of primary amides is 1. The number of hydrogen-bond acceptors (Lipinski definition) is 5. The minimum absolute atomic E-state index is 0.188. The lowest BCUT2D eigenvalue weighted by atomic mass is 10.1. The molecule has 0 aliphatic heterocycles. The number of anilines is 2. The summed E-state index contributed by atoms with van der Waals surface area (Å²) in [6.45, 7) is 0. The molecule has 0 saturated heterocycles. The fourth-order valence-electron chi connectivity index (χ4n) is 2.78. The molecule has 4 aromatic rings. The van der Waals surface area contributed by atoms with Crippen LogP contribution in [-0.4, -0.2) is 25.5 Å². The summed E-state index contributed by atoms with van der Waals surface area (Å²) in [6.07, 6.45) is 1.58. The van der Waals surface area contributed by atoms with Gasteiger partial charge in [-0.3, -0.25) is 4.79 Å². The number of amides is 1. The molecule has 0 aliphatic carbocycles. The smallest absolute Gasteiger partial charge is 0.254 e. The van der Waals surface area contributed by atoms with Gasteiger partial charge in [0.05, 0.1) is 12.1 Å². The van der Waals surface area contributed by atoms with E-state index in [1.165, 1.54) is 18.5 Å². The van der Waals surface area contributed by atoms with Gasteiger partial charge in [0.2, 0.25) is 5.91 Å². The first-order chi connectivity index (χ1) is 13.1. The Balaban J connectivity index is 1.69.